The lowest BCUT2D eigenvalue weighted by Crippen LogP contribution is -1.92. The van der Waals surface area contributed by atoms with E-state index in [0.29, 0.717) is 0 Å². The average Bonchev–Trinajstić information content (AvgIpc) is 1.88. The molecule has 0 saturated heterocycles. The van der Waals surface area contributed by atoms with Gasteiger partial charge in [-0.15, -0.1) is 0 Å². The Hall–Kier alpha value is -0.800. The zero-order valence-electron chi connectivity index (χ0n) is 4.71. The second kappa shape index (κ2) is 10.2. The lowest BCUT2D eigenvalue weighted by molar-refractivity contribution is -0.228. The molecule has 0 fully saturated rings. The van der Waals surface area contributed by atoms with Crippen LogP contribution in [0.3, 0.4) is 0 Å². The molecule has 52 valence electrons. The highest BCUT2D eigenvalue weighted by Gasteiger charge is 1.85. The molecule has 1 N–H and O–H groups in total. The molecule has 0 aromatic heterocycles. The molecule has 0 amide bonds. The SMILES string of the molecule is C=CC(=O)OO.C=CCl. The van der Waals surface area contributed by atoms with Crippen LogP contribution in [0, 0.1) is 0 Å². The van der Waals surface area contributed by atoms with Crippen molar-refractivity contribution in [3.63, 3.8) is 0 Å². The summed E-state index contributed by atoms with van der Waals surface area (Å²) in [5.41, 5.74) is 1.22. The first-order chi connectivity index (χ1) is 4.22. The summed E-state index contributed by atoms with van der Waals surface area (Å²) in [6.45, 7) is 6.12. The highest BCUT2D eigenvalue weighted by Crippen LogP contribution is 1.67. The Bertz CT molecular complexity index is 100. The Morgan fingerprint density at radius 3 is 2.00 bits per heavy atom. The van der Waals surface area contributed by atoms with Crippen molar-refractivity contribution in [3.8, 4) is 0 Å². The van der Waals surface area contributed by atoms with Crippen LogP contribution in [-0.2, 0) is 9.68 Å². The zero-order valence-corrected chi connectivity index (χ0v) is 5.47. The lowest BCUT2D eigenvalue weighted by atomic mass is 10.7. The first-order valence-electron chi connectivity index (χ1n) is 1.91. The first-order valence-corrected chi connectivity index (χ1v) is 2.35. The van der Waals surface area contributed by atoms with E-state index in [1.807, 2.05) is 0 Å². The molecule has 0 aliphatic heterocycles. The van der Waals surface area contributed by atoms with E-state index >= 15 is 0 Å². The van der Waals surface area contributed by atoms with Gasteiger partial charge in [-0.3, -0.25) is 4.89 Å². The third-order valence-corrected chi connectivity index (χ3v) is 0.257. The van der Waals surface area contributed by atoms with Crippen molar-refractivity contribution in [2.45, 2.75) is 0 Å². The minimum atomic E-state index is -0.838. The number of carbonyl (C=O) groups is 1. The van der Waals surface area contributed by atoms with Gasteiger partial charge in [0.05, 0.1) is 0 Å². The maximum Gasteiger partial charge on any atom is 0.365 e. The summed E-state index contributed by atoms with van der Waals surface area (Å²) >= 11 is 4.76. The molecule has 0 aliphatic rings. The van der Waals surface area contributed by atoms with E-state index in [-0.39, 0.29) is 0 Å². The molecule has 0 aliphatic carbocycles. The van der Waals surface area contributed by atoms with Crippen molar-refractivity contribution >= 4 is 17.6 Å². The van der Waals surface area contributed by atoms with E-state index in [1.54, 1.807) is 0 Å². The van der Waals surface area contributed by atoms with Crippen molar-refractivity contribution in [1.29, 1.82) is 0 Å². The number of carbonyl (C=O) groups excluding carboxylic acids is 1. The highest BCUT2D eigenvalue weighted by atomic mass is 35.5. The van der Waals surface area contributed by atoms with Crippen LogP contribution < -0.4 is 0 Å². The summed E-state index contributed by atoms with van der Waals surface area (Å²) in [5, 5.41) is 7.41. The predicted molar refractivity (Wildman–Crippen MR) is 35.0 cm³/mol. The molecule has 0 atom stereocenters. The van der Waals surface area contributed by atoms with Crippen LogP contribution in [0.15, 0.2) is 24.8 Å². The lowest BCUT2D eigenvalue weighted by Gasteiger charge is -1.78. The summed E-state index contributed by atoms with van der Waals surface area (Å²) in [5.74, 6) is -0.838. The van der Waals surface area contributed by atoms with Crippen molar-refractivity contribution in [2.24, 2.45) is 0 Å². The van der Waals surface area contributed by atoms with Gasteiger partial charge in [0, 0.05) is 6.08 Å². The summed E-state index contributed by atoms with van der Waals surface area (Å²) in [6.07, 6.45) is 0.861. The normalized spacial score (nSPS) is 6.00. The second-order valence-corrected chi connectivity index (χ2v) is 1.08. The quantitative estimate of drug-likeness (QED) is 0.351. The van der Waals surface area contributed by atoms with Gasteiger partial charge in [0.2, 0.25) is 0 Å². The predicted octanol–water partition coefficient (Wildman–Crippen LogP) is 1.56. The van der Waals surface area contributed by atoms with Gasteiger partial charge < -0.3 is 0 Å². The van der Waals surface area contributed by atoms with Crippen LogP contribution in [0.1, 0.15) is 0 Å². The van der Waals surface area contributed by atoms with Crippen molar-refractivity contribution in [2.75, 3.05) is 0 Å². The Morgan fingerprint density at radius 1 is 1.67 bits per heavy atom. The number of halogens is 1. The van der Waals surface area contributed by atoms with Gasteiger partial charge in [-0.25, -0.2) is 4.79 Å². The largest absolute Gasteiger partial charge is 0.365 e. The molecule has 0 saturated carbocycles. The van der Waals surface area contributed by atoms with E-state index in [1.165, 1.54) is 5.54 Å². The molecule has 0 radical (unpaired) electrons. The van der Waals surface area contributed by atoms with E-state index in [4.69, 9.17) is 16.9 Å². The molecule has 0 spiro atoms. The first kappa shape index (κ1) is 11.1. The summed E-state index contributed by atoms with van der Waals surface area (Å²) in [4.78, 5) is 12.7. The summed E-state index contributed by atoms with van der Waals surface area (Å²) < 4.78 is 0. The molecule has 4 heteroatoms. The molecule has 9 heavy (non-hydrogen) atoms. The van der Waals surface area contributed by atoms with Gasteiger partial charge in [0.15, 0.2) is 0 Å². The fraction of sp³-hybridized carbons (Fsp3) is 0. The van der Waals surface area contributed by atoms with E-state index in [9.17, 15) is 4.79 Å². The molecular formula is C5H7ClO3. The standard InChI is InChI=1S/C3H4O3.C2H3Cl/c1-2-3(4)6-5;1-2-3/h2,5H,1H2;2H,1H2. The molecule has 0 aromatic carbocycles. The highest BCUT2D eigenvalue weighted by molar-refractivity contribution is 6.25. The average molecular weight is 151 g/mol. The molecule has 0 unspecified atom stereocenters. The Labute approximate surface area is 58.1 Å². The smallest absolute Gasteiger partial charge is 0.296 e. The van der Waals surface area contributed by atoms with Crippen LogP contribution in [0.5, 0.6) is 0 Å². The minimum Gasteiger partial charge on any atom is -0.296 e. The van der Waals surface area contributed by atoms with Crippen LogP contribution in [0.2, 0.25) is 0 Å². The van der Waals surface area contributed by atoms with Crippen LogP contribution >= 0.6 is 11.6 Å². The molecule has 0 bridgehead atoms. The van der Waals surface area contributed by atoms with Gasteiger partial charge in [-0.1, -0.05) is 24.8 Å². The monoisotopic (exact) mass is 150 g/mol. The molecule has 0 heterocycles. The number of hydrogen-bond acceptors (Lipinski definition) is 3. The fourth-order valence-corrected chi connectivity index (χ4v) is 0.0373. The summed E-state index contributed by atoms with van der Waals surface area (Å²) in [6, 6.07) is 0. The maximum atomic E-state index is 9.59. The van der Waals surface area contributed by atoms with Gasteiger partial charge in [0.1, 0.15) is 0 Å². The van der Waals surface area contributed by atoms with Gasteiger partial charge in [0.25, 0.3) is 0 Å². The fourth-order valence-electron chi connectivity index (χ4n) is 0.0373. The zero-order chi connectivity index (χ0) is 7.70. The summed E-state index contributed by atoms with van der Waals surface area (Å²) in [7, 11) is 0. The minimum absolute atomic E-state index is 0.838. The number of rotatable bonds is 1. The number of hydrogen-bond donors (Lipinski definition) is 1. The molecule has 3 nitrogen and oxygen atoms in total. The second-order valence-electron chi connectivity index (χ2n) is 0.769. The topological polar surface area (TPSA) is 46.5 Å². The van der Waals surface area contributed by atoms with E-state index < -0.39 is 5.97 Å². The van der Waals surface area contributed by atoms with Gasteiger partial charge >= 0.3 is 5.97 Å². The van der Waals surface area contributed by atoms with E-state index in [0.717, 1.165) is 6.08 Å². The molecular weight excluding hydrogens is 144 g/mol. The van der Waals surface area contributed by atoms with E-state index in [2.05, 4.69) is 18.0 Å². The Kier molecular flexibility index (Phi) is 12.6. The van der Waals surface area contributed by atoms with Gasteiger partial charge in [-0.05, 0) is 5.54 Å². The molecule has 0 rings (SSSR count). The maximum absolute atomic E-state index is 9.59. The van der Waals surface area contributed by atoms with Crippen molar-refractivity contribution < 1.29 is 14.9 Å². The van der Waals surface area contributed by atoms with Crippen molar-refractivity contribution in [1.82, 2.24) is 0 Å². The van der Waals surface area contributed by atoms with Crippen LogP contribution in [0.25, 0.3) is 0 Å². The Morgan fingerprint density at radius 2 is 2.00 bits per heavy atom. The molecule has 0 aromatic rings. The van der Waals surface area contributed by atoms with Crippen LogP contribution in [0.4, 0.5) is 0 Å². The van der Waals surface area contributed by atoms with Crippen LogP contribution in [-0.4, -0.2) is 11.2 Å². The Balaban J connectivity index is 0. The third-order valence-electron chi connectivity index (χ3n) is 0.257. The third kappa shape index (κ3) is 19.0. The van der Waals surface area contributed by atoms with Gasteiger partial charge in [-0.2, -0.15) is 5.26 Å². The van der Waals surface area contributed by atoms with Crippen molar-refractivity contribution in [3.05, 3.63) is 24.8 Å².